The van der Waals surface area contributed by atoms with Gasteiger partial charge in [-0.2, -0.15) is 0 Å². The van der Waals surface area contributed by atoms with Crippen molar-refractivity contribution in [2.75, 3.05) is 20.3 Å². The SMILES string of the molecule is COC(=O)N[C@H](C(=O)N[C@@H](C(c1ccc(-c2ccccn2)cc1)C1COC2OCCC21)[C@@H](O)C[C@H](Cc1ccccc1)NC(=O)O)C(C)(C)C. The number of hydrogen-bond acceptors (Lipinski definition) is 8. The van der Waals surface area contributed by atoms with Crippen LogP contribution in [0.3, 0.4) is 0 Å². The lowest BCUT2D eigenvalue weighted by Crippen LogP contribution is -2.59. The van der Waals surface area contributed by atoms with E-state index < -0.39 is 59.9 Å². The van der Waals surface area contributed by atoms with Crippen LogP contribution in [0.15, 0.2) is 79.0 Å². The molecule has 50 heavy (non-hydrogen) atoms. The average Bonchev–Trinajstić information content (AvgIpc) is 3.72. The second kappa shape index (κ2) is 16.5. The predicted octanol–water partition coefficient (Wildman–Crippen LogP) is 4.73. The molecule has 8 atom stereocenters. The van der Waals surface area contributed by atoms with Crippen molar-refractivity contribution < 1.29 is 38.8 Å². The van der Waals surface area contributed by atoms with Crippen LogP contribution in [0.5, 0.6) is 0 Å². The molecule has 2 fully saturated rings. The highest BCUT2D eigenvalue weighted by atomic mass is 16.7. The summed E-state index contributed by atoms with van der Waals surface area (Å²) < 4.78 is 16.8. The Hall–Kier alpha value is -4.52. The number of carbonyl (C=O) groups excluding carboxylic acids is 2. The summed E-state index contributed by atoms with van der Waals surface area (Å²) in [6, 6.07) is 20.4. The molecule has 4 unspecified atom stereocenters. The van der Waals surface area contributed by atoms with Gasteiger partial charge in [0, 0.05) is 29.6 Å². The highest BCUT2D eigenvalue weighted by molar-refractivity contribution is 5.86. The molecule has 5 N–H and O–H groups in total. The van der Waals surface area contributed by atoms with Gasteiger partial charge in [0.15, 0.2) is 6.29 Å². The number of benzene rings is 2. The minimum Gasteiger partial charge on any atom is -0.465 e. The molecular weight excluding hydrogens is 640 g/mol. The number of methoxy groups -OCH3 is 1. The average molecular weight is 689 g/mol. The van der Waals surface area contributed by atoms with Crippen molar-refractivity contribution in [2.45, 2.75) is 76.5 Å². The molecule has 3 heterocycles. The Labute approximate surface area is 292 Å². The van der Waals surface area contributed by atoms with E-state index in [1.54, 1.807) is 6.20 Å². The van der Waals surface area contributed by atoms with Gasteiger partial charge in [0.25, 0.3) is 0 Å². The third-order valence-electron chi connectivity index (χ3n) is 9.67. The number of aliphatic hydroxyl groups is 1. The molecule has 0 saturated carbocycles. The maximum Gasteiger partial charge on any atom is 0.407 e. The van der Waals surface area contributed by atoms with Crippen molar-refractivity contribution in [1.82, 2.24) is 20.9 Å². The Bertz CT molecular complexity index is 1570. The second-order valence-electron chi connectivity index (χ2n) is 14.2. The first-order valence-electron chi connectivity index (χ1n) is 17.1. The number of carbonyl (C=O) groups is 3. The van der Waals surface area contributed by atoms with Crippen molar-refractivity contribution in [3.63, 3.8) is 0 Å². The summed E-state index contributed by atoms with van der Waals surface area (Å²) in [4.78, 5) is 43.1. The van der Waals surface area contributed by atoms with Crippen molar-refractivity contribution in [3.8, 4) is 11.3 Å². The third-order valence-corrected chi connectivity index (χ3v) is 9.67. The minimum atomic E-state index is -1.22. The van der Waals surface area contributed by atoms with Crippen LogP contribution in [0, 0.1) is 17.3 Å². The summed E-state index contributed by atoms with van der Waals surface area (Å²) in [6.07, 6.45) is -0.791. The van der Waals surface area contributed by atoms with E-state index in [9.17, 15) is 24.6 Å². The topological polar surface area (TPSA) is 168 Å². The van der Waals surface area contributed by atoms with E-state index in [1.165, 1.54) is 7.11 Å². The number of aromatic nitrogens is 1. The van der Waals surface area contributed by atoms with Crippen molar-refractivity contribution in [2.24, 2.45) is 17.3 Å². The summed E-state index contributed by atoms with van der Waals surface area (Å²) in [5.41, 5.74) is 2.73. The number of amides is 3. The molecule has 5 rings (SSSR count). The van der Waals surface area contributed by atoms with E-state index in [4.69, 9.17) is 14.2 Å². The van der Waals surface area contributed by atoms with Crippen LogP contribution in [0.4, 0.5) is 9.59 Å². The molecule has 2 aromatic carbocycles. The number of hydrogen-bond donors (Lipinski definition) is 5. The van der Waals surface area contributed by atoms with Crippen LogP contribution in [-0.2, 0) is 25.4 Å². The van der Waals surface area contributed by atoms with Gasteiger partial charge in [-0.15, -0.1) is 0 Å². The fourth-order valence-electron chi connectivity index (χ4n) is 7.23. The molecule has 0 bridgehead atoms. The van der Waals surface area contributed by atoms with E-state index in [-0.39, 0.29) is 18.3 Å². The number of ether oxygens (including phenoxy) is 3. The largest absolute Gasteiger partial charge is 0.465 e. The molecule has 0 aliphatic carbocycles. The number of aliphatic hydroxyl groups excluding tert-OH is 1. The zero-order valence-electron chi connectivity index (χ0n) is 29.0. The highest BCUT2D eigenvalue weighted by Crippen LogP contribution is 2.45. The summed E-state index contributed by atoms with van der Waals surface area (Å²) >= 11 is 0. The number of rotatable bonds is 13. The Morgan fingerprint density at radius 3 is 2.32 bits per heavy atom. The first kappa shape index (κ1) is 36.8. The van der Waals surface area contributed by atoms with Crippen molar-refractivity contribution in [1.29, 1.82) is 0 Å². The third kappa shape index (κ3) is 9.17. The number of carboxylic acid groups (broad SMARTS) is 1. The van der Waals surface area contributed by atoms with Gasteiger partial charge in [-0.3, -0.25) is 9.78 Å². The smallest absolute Gasteiger partial charge is 0.407 e. The van der Waals surface area contributed by atoms with Gasteiger partial charge < -0.3 is 40.4 Å². The van der Waals surface area contributed by atoms with Gasteiger partial charge in [0.2, 0.25) is 5.91 Å². The molecule has 268 valence electrons. The van der Waals surface area contributed by atoms with Crippen molar-refractivity contribution in [3.05, 3.63) is 90.1 Å². The lowest BCUT2D eigenvalue weighted by Gasteiger charge is -2.40. The number of nitrogens with one attached hydrogen (secondary N) is 3. The van der Waals surface area contributed by atoms with E-state index in [1.807, 2.05) is 93.6 Å². The molecule has 12 nitrogen and oxygen atoms in total. The summed E-state index contributed by atoms with van der Waals surface area (Å²) in [5, 5.41) is 30.4. The van der Waals surface area contributed by atoms with E-state index >= 15 is 0 Å². The van der Waals surface area contributed by atoms with Crippen LogP contribution < -0.4 is 16.0 Å². The fraction of sp³-hybridized carbons (Fsp3) is 0.474. The van der Waals surface area contributed by atoms with Gasteiger partial charge in [-0.05, 0) is 53.9 Å². The molecule has 0 radical (unpaired) electrons. The van der Waals surface area contributed by atoms with Crippen LogP contribution in [0.2, 0.25) is 0 Å². The van der Waals surface area contributed by atoms with Crippen molar-refractivity contribution >= 4 is 18.1 Å². The second-order valence-corrected chi connectivity index (χ2v) is 14.2. The maximum atomic E-state index is 14.3. The molecule has 12 heteroatoms. The van der Waals surface area contributed by atoms with Gasteiger partial charge in [0.05, 0.1) is 38.2 Å². The van der Waals surface area contributed by atoms with Gasteiger partial charge in [-0.25, -0.2) is 9.59 Å². The fourth-order valence-corrected chi connectivity index (χ4v) is 7.23. The Morgan fingerprint density at radius 1 is 0.960 bits per heavy atom. The molecule has 3 aromatic rings. The summed E-state index contributed by atoms with van der Waals surface area (Å²) in [6.45, 7) is 6.35. The molecule has 2 saturated heterocycles. The Kier molecular flexibility index (Phi) is 12.1. The van der Waals surface area contributed by atoms with Crippen LogP contribution >= 0.6 is 0 Å². The standard InChI is InChI=1S/C38H48N4O8/c1-38(2,3)33(42-37(47)48-4)34(44)41-32(30(43)21-26(40-36(45)46)20-23-10-6-5-7-11-23)31(28-22-50-35-27(28)17-19-49-35)25-15-13-24(14-16-25)29-12-8-9-18-39-29/h5-16,18,26-28,30-33,35,40,43H,17,19-22H2,1-4H3,(H,41,44)(H,42,47)(H,45,46)/t26-,27?,28?,30-,31?,32+,33+,35?/m0/s1. The van der Waals surface area contributed by atoms with Gasteiger partial charge in [-0.1, -0.05) is 81.4 Å². The first-order chi connectivity index (χ1) is 23.9. The lowest BCUT2D eigenvalue weighted by atomic mass is 9.72. The molecule has 3 amide bonds. The summed E-state index contributed by atoms with van der Waals surface area (Å²) in [7, 11) is 1.23. The monoisotopic (exact) mass is 688 g/mol. The molecule has 0 spiro atoms. The van der Waals surface area contributed by atoms with Crippen LogP contribution in [0.25, 0.3) is 11.3 Å². The predicted molar refractivity (Wildman–Crippen MR) is 186 cm³/mol. The van der Waals surface area contributed by atoms with Gasteiger partial charge >= 0.3 is 12.2 Å². The normalized spacial score (nSPS) is 21.6. The zero-order chi connectivity index (χ0) is 35.8. The highest BCUT2D eigenvalue weighted by Gasteiger charge is 2.49. The first-order valence-corrected chi connectivity index (χ1v) is 17.1. The minimum absolute atomic E-state index is 0.00253. The number of pyridine rings is 1. The molecule has 2 aliphatic heterocycles. The Balaban J connectivity index is 1.56. The molecule has 2 aliphatic rings. The van der Waals surface area contributed by atoms with Crippen LogP contribution in [0.1, 0.15) is 50.7 Å². The number of alkyl carbamates (subject to hydrolysis) is 1. The Morgan fingerprint density at radius 2 is 1.68 bits per heavy atom. The summed E-state index contributed by atoms with van der Waals surface area (Å²) in [5.74, 6) is -1.15. The van der Waals surface area contributed by atoms with E-state index in [2.05, 4.69) is 20.9 Å². The lowest BCUT2D eigenvalue weighted by molar-refractivity contribution is -0.127. The quantitative estimate of drug-likeness (QED) is 0.171. The van der Waals surface area contributed by atoms with Gasteiger partial charge in [0.1, 0.15) is 6.04 Å². The molecule has 1 aromatic heterocycles. The maximum absolute atomic E-state index is 14.3. The number of fused-ring (bicyclic) bond motifs is 1. The molecular formula is C38H48N4O8. The number of nitrogens with zero attached hydrogens (tertiary/aromatic N) is 1. The zero-order valence-corrected chi connectivity index (χ0v) is 29.0. The van der Waals surface area contributed by atoms with E-state index in [0.29, 0.717) is 19.6 Å². The van der Waals surface area contributed by atoms with E-state index in [0.717, 1.165) is 28.8 Å². The van der Waals surface area contributed by atoms with Crippen LogP contribution in [-0.4, -0.2) is 84.1 Å².